The largest absolute Gasteiger partial charge is 0.328 e. The number of rotatable bonds is 7. The smallest absolute Gasteiger partial charge is 0.248 e. The monoisotopic (exact) mass is 427 g/mol. The summed E-state index contributed by atoms with van der Waals surface area (Å²) in [6, 6.07) is 6.37. The number of hydrogen-bond acceptors (Lipinski definition) is 4. The lowest BCUT2D eigenvalue weighted by Crippen LogP contribution is -2.25. The molecule has 0 aliphatic rings. The molecule has 0 spiro atoms. The van der Waals surface area contributed by atoms with Gasteiger partial charge in [-0.2, -0.15) is 5.10 Å². The third-order valence-electron chi connectivity index (χ3n) is 4.13. The van der Waals surface area contributed by atoms with Crippen LogP contribution >= 0.6 is 24.0 Å². The molecule has 1 aromatic heterocycles. The maximum Gasteiger partial charge on any atom is 0.248 e. The molecule has 2 amide bonds. The second-order valence-electron chi connectivity index (χ2n) is 6.80. The van der Waals surface area contributed by atoms with Crippen LogP contribution in [0.5, 0.6) is 0 Å². The molecule has 1 aromatic carbocycles. The highest BCUT2D eigenvalue weighted by Crippen LogP contribution is 2.26. The Hall–Kier alpha value is -2.09. The van der Waals surface area contributed by atoms with Crippen molar-refractivity contribution in [3.63, 3.8) is 0 Å². The van der Waals surface area contributed by atoms with Crippen molar-refractivity contribution >= 4 is 47.2 Å². The number of nitrogens with one attached hydrogen (secondary N) is 2. The molecule has 4 N–H and O–H groups in total. The highest BCUT2D eigenvalue weighted by molar-refractivity contribution is 6.34. The van der Waals surface area contributed by atoms with Gasteiger partial charge in [-0.1, -0.05) is 11.6 Å². The van der Waals surface area contributed by atoms with E-state index < -0.39 is 6.04 Å². The molecule has 0 saturated carbocycles. The van der Waals surface area contributed by atoms with Gasteiger partial charge in [0.15, 0.2) is 0 Å². The van der Waals surface area contributed by atoms with Crippen LogP contribution in [0.25, 0.3) is 0 Å². The summed E-state index contributed by atoms with van der Waals surface area (Å²) in [5, 5.41) is 10.3. The lowest BCUT2D eigenvalue weighted by atomic mass is 10.2. The third-order valence-corrected chi connectivity index (χ3v) is 4.44. The molecule has 2 rings (SSSR count). The van der Waals surface area contributed by atoms with Gasteiger partial charge in [0.25, 0.3) is 0 Å². The minimum absolute atomic E-state index is 0. The van der Waals surface area contributed by atoms with E-state index in [1.165, 1.54) is 0 Å². The van der Waals surface area contributed by atoms with Crippen molar-refractivity contribution in [2.24, 2.45) is 5.73 Å². The first-order valence-electron chi connectivity index (χ1n) is 8.86. The molecule has 2 aromatic rings. The predicted molar refractivity (Wildman–Crippen MR) is 115 cm³/mol. The number of benzene rings is 1. The number of anilines is 2. The number of aryl methyl sites for hydroxylation is 2. The van der Waals surface area contributed by atoms with Crippen LogP contribution in [0, 0.1) is 13.8 Å². The minimum Gasteiger partial charge on any atom is -0.328 e. The third kappa shape index (κ3) is 6.51. The highest BCUT2D eigenvalue weighted by Gasteiger charge is 2.19. The molecule has 154 valence electrons. The summed E-state index contributed by atoms with van der Waals surface area (Å²) in [6.45, 7) is 7.41. The topological polar surface area (TPSA) is 102 Å². The maximum absolute atomic E-state index is 12.5. The molecule has 1 heterocycles. The van der Waals surface area contributed by atoms with Gasteiger partial charge in [0.1, 0.15) is 6.04 Å². The molecule has 0 aliphatic carbocycles. The van der Waals surface area contributed by atoms with E-state index in [0.717, 1.165) is 11.4 Å². The molecule has 0 fully saturated rings. The Labute approximate surface area is 176 Å². The molecule has 2 atom stereocenters. The van der Waals surface area contributed by atoms with Gasteiger partial charge in [0.05, 0.1) is 16.4 Å². The molecular formula is C19H27Cl2N5O2. The van der Waals surface area contributed by atoms with Crippen LogP contribution in [0.3, 0.4) is 0 Å². The number of carbonyl (C=O) groups excluding carboxylic acids is 2. The van der Waals surface area contributed by atoms with E-state index in [1.807, 2.05) is 26.8 Å². The second-order valence-corrected chi connectivity index (χ2v) is 7.20. The average molecular weight is 428 g/mol. The van der Waals surface area contributed by atoms with E-state index in [9.17, 15) is 9.59 Å². The number of nitrogens with two attached hydrogens (primary N) is 1. The second kappa shape index (κ2) is 10.5. The normalized spacial score (nSPS) is 12.6. The lowest BCUT2D eigenvalue weighted by molar-refractivity contribution is -0.119. The lowest BCUT2D eigenvalue weighted by Gasteiger charge is -2.16. The van der Waals surface area contributed by atoms with Crippen LogP contribution < -0.4 is 16.4 Å². The quantitative estimate of drug-likeness (QED) is 0.624. The Morgan fingerprint density at radius 2 is 1.89 bits per heavy atom. The minimum atomic E-state index is -0.479. The fourth-order valence-electron chi connectivity index (χ4n) is 2.66. The van der Waals surface area contributed by atoms with Crippen LogP contribution in [0.2, 0.25) is 5.02 Å². The first kappa shape index (κ1) is 23.9. The first-order valence-corrected chi connectivity index (χ1v) is 9.23. The zero-order valence-electron chi connectivity index (χ0n) is 16.5. The SMILES string of the molecule is Cc1cc(C)n(C(C)C(=O)Nc2ccc(NC(=O)CCC(C)N)cc2Cl)n1.Cl. The van der Waals surface area contributed by atoms with E-state index in [0.29, 0.717) is 29.2 Å². The molecule has 7 nitrogen and oxygen atoms in total. The van der Waals surface area contributed by atoms with Crippen LogP contribution in [0.15, 0.2) is 24.3 Å². The zero-order valence-corrected chi connectivity index (χ0v) is 18.0. The molecule has 9 heteroatoms. The Kier molecular flexibility index (Phi) is 8.94. The van der Waals surface area contributed by atoms with Crippen LogP contribution in [-0.4, -0.2) is 27.6 Å². The van der Waals surface area contributed by atoms with Crippen molar-refractivity contribution < 1.29 is 9.59 Å². The summed E-state index contributed by atoms with van der Waals surface area (Å²) in [5.41, 5.74) is 8.46. The van der Waals surface area contributed by atoms with Gasteiger partial charge in [-0.25, -0.2) is 0 Å². The molecule has 0 saturated heterocycles. The summed E-state index contributed by atoms with van der Waals surface area (Å²) < 4.78 is 1.67. The Bertz CT molecular complexity index is 836. The summed E-state index contributed by atoms with van der Waals surface area (Å²) >= 11 is 6.26. The number of carbonyl (C=O) groups is 2. The fraction of sp³-hybridized carbons (Fsp3) is 0.421. The zero-order chi connectivity index (χ0) is 20.1. The number of halogens is 2. The number of hydrogen-bond donors (Lipinski definition) is 3. The van der Waals surface area contributed by atoms with E-state index in [-0.39, 0.29) is 30.3 Å². The van der Waals surface area contributed by atoms with Gasteiger partial charge >= 0.3 is 0 Å². The maximum atomic E-state index is 12.5. The van der Waals surface area contributed by atoms with E-state index in [1.54, 1.807) is 29.8 Å². The summed E-state index contributed by atoms with van der Waals surface area (Å²) in [6.07, 6.45) is 0.950. The van der Waals surface area contributed by atoms with Crippen molar-refractivity contribution in [1.29, 1.82) is 0 Å². The molecule has 0 aliphatic heterocycles. The molecule has 2 unspecified atom stereocenters. The Morgan fingerprint density at radius 3 is 2.43 bits per heavy atom. The standard InChI is InChI=1S/C19H26ClN5O2.ClH/c1-11(21)5-8-18(26)22-15-6-7-17(16(20)10-15)23-19(27)14(4)25-13(3)9-12(2)24-25;/h6-7,9-11,14H,5,8,21H2,1-4H3,(H,22,26)(H,23,27);1H. The number of amides is 2. The molecule has 28 heavy (non-hydrogen) atoms. The van der Waals surface area contributed by atoms with Gasteiger partial charge in [-0.3, -0.25) is 14.3 Å². The van der Waals surface area contributed by atoms with Crippen LogP contribution in [-0.2, 0) is 9.59 Å². The average Bonchev–Trinajstić information content (AvgIpc) is 2.93. The van der Waals surface area contributed by atoms with Crippen molar-refractivity contribution in [2.75, 3.05) is 10.6 Å². The van der Waals surface area contributed by atoms with E-state index >= 15 is 0 Å². The summed E-state index contributed by atoms with van der Waals surface area (Å²) in [5.74, 6) is -0.352. The van der Waals surface area contributed by atoms with E-state index in [4.69, 9.17) is 17.3 Å². The first-order chi connectivity index (χ1) is 12.7. The summed E-state index contributed by atoms with van der Waals surface area (Å²) in [7, 11) is 0. The van der Waals surface area contributed by atoms with Gasteiger partial charge in [0.2, 0.25) is 11.8 Å². The highest BCUT2D eigenvalue weighted by atomic mass is 35.5. The van der Waals surface area contributed by atoms with Crippen molar-refractivity contribution in [1.82, 2.24) is 9.78 Å². The molecular weight excluding hydrogens is 401 g/mol. The van der Waals surface area contributed by atoms with Gasteiger partial charge in [0, 0.05) is 23.8 Å². The summed E-state index contributed by atoms with van der Waals surface area (Å²) in [4.78, 5) is 24.4. The Morgan fingerprint density at radius 1 is 1.21 bits per heavy atom. The van der Waals surface area contributed by atoms with Crippen LogP contribution in [0.1, 0.15) is 44.1 Å². The van der Waals surface area contributed by atoms with Crippen molar-refractivity contribution in [2.45, 2.75) is 52.6 Å². The van der Waals surface area contributed by atoms with Crippen LogP contribution in [0.4, 0.5) is 11.4 Å². The predicted octanol–water partition coefficient (Wildman–Crippen LogP) is 3.84. The van der Waals surface area contributed by atoms with Gasteiger partial charge in [-0.15, -0.1) is 12.4 Å². The molecule has 0 bridgehead atoms. The van der Waals surface area contributed by atoms with Crippen molar-refractivity contribution in [3.05, 3.63) is 40.7 Å². The number of aromatic nitrogens is 2. The molecule has 0 radical (unpaired) electrons. The van der Waals surface area contributed by atoms with Gasteiger partial charge in [-0.05, 0) is 58.4 Å². The van der Waals surface area contributed by atoms with Crippen molar-refractivity contribution in [3.8, 4) is 0 Å². The Balaban J connectivity index is 0.00000392. The fourth-order valence-corrected chi connectivity index (χ4v) is 2.89. The van der Waals surface area contributed by atoms with Gasteiger partial charge < -0.3 is 16.4 Å². The number of nitrogens with zero attached hydrogens (tertiary/aromatic N) is 2. The van der Waals surface area contributed by atoms with E-state index in [2.05, 4.69) is 15.7 Å².